The maximum Gasteiger partial charge on any atom is 0.291 e. The molecule has 0 N–H and O–H groups in total. The summed E-state index contributed by atoms with van der Waals surface area (Å²) in [5.74, 6) is 0.116. The molecule has 2 aliphatic rings. The largest absolute Gasteiger partial charge is 0.438 e. The second kappa shape index (κ2) is 7.31. The number of aromatic nitrogens is 1. The number of amides is 2. The Hall–Kier alpha value is -1.93. The van der Waals surface area contributed by atoms with E-state index in [4.69, 9.17) is 13.9 Å². The molecule has 1 aromatic heterocycles. The van der Waals surface area contributed by atoms with Crippen molar-refractivity contribution < 1.29 is 23.5 Å². The van der Waals surface area contributed by atoms with Gasteiger partial charge < -0.3 is 23.7 Å². The number of fused-ring (bicyclic) bond motifs is 1. The average Bonchev–Trinajstić information content (AvgIpc) is 2.88. The molecule has 0 saturated carbocycles. The number of nitrogens with zero attached hydrogens (tertiary/aromatic N) is 3. The second-order valence-electron chi connectivity index (χ2n) is 6.13. The van der Waals surface area contributed by atoms with Gasteiger partial charge in [0.05, 0.1) is 24.4 Å². The van der Waals surface area contributed by atoms with Crippen LogP contribution < -0.4 is 0 Å². The lowest BCUT2D eigenvalue weighted by atomic mass is 10.0. The van der Waals surface area contributed by atoms with Crippen LogP contribution >= 0.6 is 0 Å². The minimum absolute atomic E-state index is 0.0147. The van der Waals surface area contributed by atoms with Gasteiger partial charge in [-0.05, 0) is 19.8 Å². The molecule has 0 radical (unpaired) electrons. The molecule has 0 aliphatic carbocycles. The highest BCUT2D eigenvalue weighted by Gasteiger charge is 2.39. The first-order valence-electron chi connectivity index (χ1n) is 8.21. The number of likely N-dealkylation sites (tertiary alicyclic amines) is 1. The third-order valence-corrected chi connectivity index (χ3v) is 4.71. The van der Waals surface area contributed by atoms with Gasteiger partial charge in [-0.3, -0.25) is 9.59 Å². The standard InChI is InChI=1S/C16H23N3O5/c1-11-15(24-10-17-11)16(21)18-5-3-12-13(4-6-18)23-9-14(20)19(12)7-8-22-2/h10,12-13H,3-9H2,1-2H3/t12-,13-/m0/s1. The summed E-state index contributed by atoms with van der Waals surface area (Å²) in [5, 5.41) is 0. The molecule has 0 unspecified atom stereocenters. The van der Waals surface area contributed by atoms with Crippen molar-refractivity contribution in [2.45, 2.75) is 31.9 Å². The van der Waals surface area contributed by atoms with Gasteiger partial charge >= 0.3 is 0 Å². The van der Waals surface area contributed by atoms with Crippen molar-refractivity contribution in [2.75, 3.05) is 40.0 Å². The Morgan fingerprint density at radius 1 is 1.42 bits per heavy atom. The predicted molar refractivity (Wildman–Crippen MR) is 83.5 cm³/mol. The SMILES string of the molecule is COCCN1C(=O)CO[C@H]2CCN(C(=O)c3ocnc3C)CC[C@@H]21. The Morgan fingerprint density at radius 3 is 2.92 bits per heavy atom. The summed E-state index contributed by atoms with van der Waals surface area (Å²) in [6, 6.07) is -0.0185. The molecule has 24 heavy (non-hydrogen) atoms. The van der Waals surface area contributed by atoms with Crippen LogP contribution in [0.3, 0.4) is 0 Å². The number of carbonyl (C=O) groups excluding carboxylic acids is 2. The summed E-state index contributed by atoms with van der Waals surface area (Å²) in [7, 11) is 1.62. The average molecular weight is 337 g/mol. The number of oxazole rings is 1. The van der Waals surface area contributed by atoms with Crippen LogP contribution in [0.4, 0.5) is 0 Å². The van der Waals surface area contributed by atoms with Crippen molar-refractivity contribution in [1.82, 2.24) is 14.8 Å². The molecule has 3 rings (SSSR count). The third-order valence-electron chi connectivity index (χ3n) is 4.71. The molecule has 2 fully saturated rings. The van der Waals surface area contributed by atoms with E-state index < -0.39 is 0 Å². The molecule has 0 aromatic carbocycles. The van der Waals surface area contributed by atoms with Gasteiger partial charge in [-0.1, -0.05) is 0 Å². The van der Waals surface area contributed by atoms with E-state index in [1.807, 2.05) is 4.90 Å². The van der Waals surface area contributed by atoms with Gasteiger partial charge in [0, 0.05) is 26.7 Å². The van der Waals surface area contributed by atoms with E-state index in [1.54, 1.807) is 18.9 Å². The highest BCUT2D eigenvalue weighted by atomic mass is 16.5. The van der Waals surface area contributed by atoms with Crippen LogP contribution in [0.1, 0.15) is 29.1 Å². The Balaban J connectivity index is 1.70. The topological polar surface area (TPSA) is 85.1 Å². The molecule has 8 nitrogen and oxygen atoms in total. The molecule has 3 heterocycles. The minimum atomic E-state index is -0.154. The lowest BCUT2D eigenvalue weighted by molar-refractivity contribution is -0.158. The summed E-state index contributed by atoms with van der Waals surface area (Å²) in [6.45, 7) is 4.03. The number of carbonyl (C=O) groups is 2. The number of methoxy groups -OCH3 is 1. The molecular weight excluding hydrogens is 314 g/mol. The Bertz CT molecular complexity index is 602. The second-order valence-corrected chi connectivity index (χ2v) is 6.13. The first kappa shape index (κ1) is 16.9. The zero-order chi connectivity index (χ0) is 17.1. The van der Waals surface area contributed by atoms with Gasteiger partial charge in [0.25, 0.3) is 5.91 Å². The van der Waals surface area contributed by atoms with Crippen LogP contribution in [0.5, 0.6) is 0 Å². The van der Waals surface area contributed by atoms with Gasteiger partial charge in [-0.25, -0.2) is 4.98 Å². The van der Waals surface area contributed by atoms with Crippen LogP contribution in [0, 0.1) is 6.92 Å². The molecular formula is C16H23N3O5. The van der Waals surface area contributed by atoms with Crippen LogP contribution in [-0.2, 0) is 14.3 Å². The predicted octanol–water partition coefficient (Wildman–Crippen LogP) is 0.461. The number of hydrogen-bond donors (Lipinski definition) is 0. The quantitative estimate of drug-likeness (QED) is 0.794. The highest BCUT2D eigenvalue weighted by Crippen LogP contribution is 2.25. The fraction of sp³-hybridized carbons (Fsp3) is 0.688. The van der Waals surface area contributed by atoms with E-state index in [0.29, 0.717) is 44.8 Å². The molecule has 2 aliphatic heterocycles. The van der Waals surface area contributed by atoms with E-state index in [0.717, 1.165) is 0 Å². The highest BCUT2D eigenvalue weighted by molar-refractivity contribution is 5.92. The molecule has 8 heteroatoms. The molecule has 2 saturated heterocycles. The van der Waals surface area contributed by atoms with Gasteiger partial charge in [0.1, 0.15) is 6.61 Å². The van der Waals surface area contributed by atoms with E-state index in [1.165, 1.54) is 6.39 Å². The maximum atomic E-state index is 12.6. The Labute approximate surface area is 140 Å². The van der Waals surface area contributed by atoms with Crippen molar-refractivity contribution in [3.05, 3.63) is 17.8 Å². The first-order chi connectivity index (χ1) is 11.6. The smallest absolute Gasteiger partial charge is 0.291 e. The molecule has 0 bridgehead atoms. The summed E-state index contributed by atoms with van der Waals surface area (Å²) in [5.41, 5.74) is 0.592. The summed E-state index contributed by atoms with van der Waals surface area (Å²) in [6.07, 6.45) is 2.61. The monoisotopic (exact) mass is 337 g/mol. The van der Waals surface area contributed by atoms with Crippen LogP contribution in [0.2, 0.25) is 0 Å². The summed E-state index contributed by atoms with van der Waals surface area (Å²) in [4.78, 5) is 32.3. The lowest BCUT2D eigenvalue weighted by Gasteiger charge is -2.40. The van der Waals surface area contributed by atoms with E-state index in [9.17, 15) is 9.59 Å². The van der Waals surface area contributed by atoms with E-state index in [-0.39, 0.29) is 36.3 Å². The van der Waals surface area contributed by atoms with Crippen molar-refractivity contribution in [2.24, 2.45) is 0 Å². The summed E-state index contributed by atoms with van der Waals surface area (Å²) >= 11 is 0. The lowest BCUT2D eigenvalue weighted by Crippen LogP contribution is -2.55. The van der Waals surface area contributed by atoms with Gasteiger partial charge in [-0.2, -0.15) is 0 Å². The van der Waals surface area contributed by atoms with E-state index in [2.05, 4.69) is 4.98 Å². The molecule has 1 aromatic rings. The molecule has 2 atom stereocenters. The molecule has 132 valence electrons. The summed E-state index contributed by atoms with van der Waals surface area (Å²) < 4.78 is 16.0. The fourth-order valence-electron chi connectivity index (χ4n) is 3.39. The van der Waals surface area contributed by atoms with Crippen molar-refractivity contribution in [3.63, 3.8) is 0 Å². The molecule has 0 spiro atoms. The Morgan fingerprint density at radius 2 is 2.21 bits per heavy atom. The van der Waals surface area contributed by atoms with Gasteiger partial charge in [0.2, 0.25) is 11.7 Å². The van der Waals surface area contributed by atoms with Crippen molar-refractivity contribution in [1.29, 1.82) is 0 Å². The van der Waals surface area contributed by atoms with Crippen molar-refractivity contribution in [3.8, 4) is 0 Å². The number of morpholine rings is 1. The number of ether oxygens (including phenoxy) is 2. The number of aryl methyl sites for hydroxylation is 1. The van der Waals surface area contributed by atoms with Crippen LogP contribution in [0.25, 0.3) is 0 Å². The fourth-order valence-corrected chi connectivity index (χ4v) is 3.39. The zero-order valence-corrected chi connectivity index (χ0v) is 14.1. The first-order valence-corrected chi connectivity index (χ1v) is 8.21. The van der Waals surface area contributed by atoms with E-state index >= 15 is 0 Å². The van der Waals surface area contributed by atoms with Gasteiger partial charge in [-0.15, -0.1) is 0 Å². The number of hydrogen-bond acceptors (Lipinski definition) is 6. The van der Waals surface area contributed by atoms with Crippen LogP contribution in [0.15, 0.2) is 10.8 Å². The van der Waals surface area contributed by atoms with Gasteiger partial charge in [0.15, 0.2) is 6.39 Å². The number of rotatable bonds is 4. The minimum Gasteiger partial charge on any atom is -0.438 e. The van der Waals surface area contributed by atoms with Crippen LogP contribution in [-0.4, -0.2) is 78.7 Å². The normalized spacial score (nSPS) is 24.7. The Kier molecular flexibility index (Phi) is 5.15. The molecule has 2 amide bonds. The third kappa shape index (κ3) is 3.29. The maximum absolute atomic E-state index is 12.6. The van der Waals surface area contributed by atoms with Crippen molar-refractivity contribution >= 4 is 11.8 Å². The zero-order valence-electron chi connectivity index (χ0n) is 14.1.